The van der Waals surface area contributed by atoms with E-state index < -0.39 is 0 Å². The molecule has 5 nitrogen and oxygen atoms in total. The molecule has 0 amide bonds. The highest BCUT2D eigenvalue weighted by Crippen LogP contribution is 2.19. The van der Waals surface area contributed by atoms with Crippen molar-refractivity contribution in [1.82, 2.24) is 20.2 Å². The molecule has 6 heteroatoms. The second kappa shape index (κ2) is 7.54. The Bertz CT molecular complexity index is 547. The van der Waals surface area contributed by atoms with Crippen LogP contribution < -0.4 is 11.3 Å². The molecule has 0 bridgehead atoms. The Kier molecular flexibility index (Phi) is 5.73. The maximum atomic E-state index is 5.86. The monoisotopic (exact) mass is 307 g/mol. The smallest absolute Gasteiger partial charge is 0.0688 e. The van der Waals surface area contributed by atoms with Crippen LogP contribution in [0.1, 0.15) is 50.2 Å². The molecule has 0 fully saturated rings. The van der Waals surface area contributed by atoms with Gasteiger partial charge in [0, 0.05) is 18.8 Å². The van der Waals surface area contributed by atoms with E-state index >= 15 is 0 Å². The number of hydrogen-bond donors (Lipinski definition) is 2. The average molecular weight is 308 g/mol. The van der Waals surface area contributed by atoms with Gasteiger partial charge < -0.3 is 0 Å². The molecule has 2 heterocycles. The van der Waals surface area contributed by atoms with E-state index in [0.717, 1.165) is 24.2 Å². The SMILES string of the molecule is CCC(CC)n1ccc(CC(NN)c2ccc(Cl)cn2)n1. The third-order valence-corrected chi connectivity index (χ3v) is 3.93. The van der Waals surface area contributed by atoms with Crippen LogP contribution in [0, 0.1) is 0 Å². The first-order chi connectivity index (χ1) is 10.2. The highest BCUT2D eigenvalue weighted by molar-refractivity contribution is 6.30. The molecule has 3 N–H and O–H groups in total. The summed E-state index contributed by atoms with van der Waals surface area (Å²) in [5.41, 5.74) is 4.66. The van der Waals surface area contributed by atoms with Gasteiger partial charge in [-0.25, -0.2) is 0 Å². The molecule has 2 aromatic rings. The lowest BCUT2D eigenvalue weighted by molar-refractivity contribution is 0.422. The number of rotatable bonds is 7. The first-order valence-corrected chi connectivity index (χ1v) is 7.67. The standard InChI is InChI=1S/C15H22ClN5/c1-3-13(4-2)21-8-7-12(20-21)9-15(19-17)14-6-5-11(16)10-18-14/h5-8,10,13,15,19H,3-4,9,17H2,1-2H3. The summed E-state index contributed by atoms with van der Waals surface area (Å²) in [6.07, 6.45) is 6.52. The molecular weight excluding hydrogens is 286 g/mol. The van der Waals surface area contributed by atoms with Gasteiger partial charge in [-0.3, -0.25) is 20.9 Å². The lowest BCUT2D eigenvalue weighted by Crippen LogP contribution is -2.30. The quantitative estimate of drug-likeness (QED) is 0.609. The Balaban J connectivity index is 2.10. The van der Waals surface area contributed by atoms with E-state index in [-0.39, 0.29) is 6.04 Å². The van der Waals surface area contributed by atoms with Gasteiger partial charge in [-0.2, -0.15) is 5.10 Å². The van der Waals surface area contributed by atoms with Gasteiger partial charge in [0.15, 0.2) is 0 Å². The number of hydrazine groups is 1. The summed E-state index contributed by atoms with van der Waals surface area (Å²) in [5.74, 6) is 5.65. The molecule has 114 valence electrons. The zero-order valence-electron chi connectivity index (χ0n) is 12.5. The zero-order valence-corrected chi connectivity index (χ0v) is 13.2. The van der Waals surface area contributed by atoms with Crippen molar-refractivity contribution < 1.29 is 0 Å². The summed E-state index contributed by atoms with van der Waals surface area (Å²) in [5, 5.41) is 5.27. The zero-order chi connectivity index (χ0) is 15.2. The van der Waals surface area contributed by atoms with E-state index in [1.54, 1.807) is 6.20 Å². The van der Waals surface area contributed by atoms with Gasteiger partial charge in [0.25, 0.3) is 0 Å². The fourth-order valence-electron chi connectivity index (χ4n) is 2.40. The molecule has 1 atom stereocenters. The third-order valence-electron chi connectivity index (χ3n) is 3.70. The second-order valence-electron chi connectivity index (χ2n) is 5.08. The van der Waals surface area contributed by atoms with Crippen molar-refractivity contribution in [3.05, 3.63) is 47.0 Å². The summed E-state index contributed by atoms with van der Waals surface area (Å²) in [6.45, 7) is 4.36. The summed E-state index contributed by atoms with van der Waals surface area (Å²) in [6, 6.07) is 6.12. The van der Waals surface area contributed by atoms with E-state index in [2.05, 4.69) is 29.4 Å². The Morgan fingerprint density at radius 3 is 2.62 bits per heavy atom. The molecule has 0 spiro atoms. The Morgan fingerprint density at radius 2 is 2.05 bits per heavy atom. The highest BCUT2D eigenvalue weighted by Gasteiger charge is 2.15. The molecule has 2 rings (SSSR count). The van der Waals surface area contributed by atoms with E-state index in [4.69, 9.17) is 17.4 Å². The van der Waals surface area contributed by atoms with Crippen LogP contribution in [-0.2, 0) is 6.42 Å². The average Bonchev–Trinajstić information content (AvgIpc) is 2.96. The van der Waals surface area contributed by atoms with Crippen LogP contribution in [0.3, 0.4) is 0 Å². The van der Waals surface area contributed by atoms with Crippen molar-refractivity contribution in [2.24, 2.45) is 5.84 Å². The maximum Gasteiger partial charge on any atom is 0.0688 e. The molecule has 0 radical (unpaired) electrons. The lowest BCUT2D eigenvalue weighted by Gasteiger charge is -2.15. The molecular formula is C15H22ClN5. The molecule has 2 aromatic heterocycles. The van der Waals surface area contributed by atoms with Gasteiger partial charge in [0.2, 0.25) is 0 Å². The third kappa shape index (κ3) is 4.03. The Labute approximate surface area is 130 Å². The summed E-state index contributed by atoms with van der Waals surface area (Å²) < 4.78 is 2.04. The van der Waals surface area contributed by atoms with Crippen LogP contribution in [0.4, 0.5) is 0 Å². The van der Waals surface area contributed by atoms with Crippen molar-refractivity contribution in [3.8, 4) is 0 Å². The van der Waals surface area contributed by atoms with Crippen molar-refractivity contribution in [1.29, 1.82) is 0 Å². The normalized spacial score (nSPS) is 12.8. The predicted octanol–water partition coefficient (Wildman–Crippen LogP) is 3.04. The van der Waals surface area contributed by atoms with E-state index in [1.165, 1.54) is 0 Å². The van der Waals surface area contributed by atoms with E-state index in [0.29, 0.717) is 17.5 Å². The first kappa shape index (κ1) is 15.9. The number of nitrogens with one attached hydrogen (secondary N) is 1. The second-order valence-corrected chi connectivity index (χ2v) is 5.52. The molecule has 21 heavy (non-hydrogen) atoms. The molecule has 0 saturated carbocycles. The lowest BCUT2D eigenvalue weighted by atomic mass is 10.1. The highest BCUT2D eigenvalue weighted by atomic mass is 35.5. The van der Waals surface area contributed by atoms with Crippen LogP contribution in [-0.4, -0.2) is 14.8 Å². The topological polar surface area (TPSA) is 68.8 Å². The summed E-state index contributed by atoms with van der Waals surface area (Å²) in [7, 11) is 0. The number of nitrogens with two attached hydrogens (primary N) is 1. The van der Waals surface area contributed by atoms with Crippen molar-refractivity contribution in [2.45, 2.75) is 45.2 Å². The minimum Gasteiger partial charge on any atom is -0.271 e. The summed E-state index contributed by atoms with van der Waals surface area (Å²) in [4.78, 5) is 4.31. The minimum absolute atomic E-state index is 0.0766. The number of nitrogens with zero attached hydrogens (tertiary/aromatic N) is 3. The molecule has 0 aromatic carbocycles. The fraction of sp³-hybridized carbons (Fsp3) is 0.467. The van der Waals surface area contributed by atoms with Crippen LogP contribution in [0.5, 0.6) is 0 Å². The van der Waals surface area contributed by atoms with Gasteiger partial charge in [0.1, 0.15) is 0 Å². The molecule has 0 aliphatic rings. The van der Waals surface area contributed by atoms with Gasteiger partial charge in [0.05, 0.1) is 28.5 Å². The van der Waals surface area contributed by atoms with Gasteiger partial charge in [-0.15, -0.1) is 0 Å². The number of aromatic nitrogens is 3. The van der Waals surface area contributed by atoms with E-state index in [9.17, 15) is 0 Å². The van der Waals surface area contributed by atoms with Crippen LogP contribution in [0.2, 0.25) is 5.02 Å². The molecule has 0 aliphatic carbocycles. The summed E-state index contributed by atoms with van der Waals surface area (Å²) >= 11 is 5.86. The minimum atomic E-state index is -0.0766. The first-order valence-electron chi connectivity index (χ1n) is 7.29. The Morgan fingerprint density at radius 1 is 1.29 bits per heavy atom. The maximum absolute atomic E-state index is 5.86. The van der Waals surface area contributed by atoms with Crippen molar-refractivity contribution >= 4 is 11.6 Å². The van der Waals surface area contributed by atoms with Crippen LogP contribution in [0.25, 0.3) is 0 Å². The molecule has 1 unspecified atom stereocenters. The Hall–Kier alpha value is -1.43. The van der Waals surface area contributed by atoms with Crippen LogP contribution >= 0.6 is 11.6 Å². The predicted molar refractivity (Wildman–Crippen MR) is 84.9 cm³/mol. The molecule has 0 saturated heterocycles. The van der Waals surface area contributed by atoms with Gasteiger partial charge >= 0.3 is 0 Å². The largest absolute Gasteiger partial charge is 0.271 e. The number of halogens is 1. The number of hydrogen-bond acceptors (Lipinski definition) is 4. The van der Waals surface area contributed by atoms with E-state index in [1.807, 2.05) is 29.1 Å². The van der Waals surface area contributed by atoms with Crippen molar-refractivity contribution in [3.63, 3.8) is 0 Å². The van der Waals surface area contributed by atoms with Crippen LogP contribution in [0.15, 0.2) is 30.6 Å². The van der Waals surface area contributed by atoms with Gasteiger partial charge in [-0.05, 0) is 31.0 Å². The van der Waals surface area contributed by atoms with Gasteiger partial charge in [-0.1, -0.05) is 25.4 Å². The van der Waals surface area contributed by atoms with Crippen molar-refractivity contribution in [2.75, 3.05) is 0 Å². The molecule has 0 aliphatic heterocycles. The fourth-order valence-corrected chi connectivity index (χ4v) is 2.52. The number of pyridine rings is 1.